The predicted octanol–water partition coefficient (Wildman–Crippen LogP) is -7.41. The average Bonchev–Trinajstić information content (AvgIpc) is 2.77. The highest BCUT2D eigenvalue weighted by Gasteiger charge is 2.37. The third-order valence-corrected chi connectivity index (χ3v) is 5.23. The highest BCUT2D eigenvalue weighted by atomic mass is 35.5. The van der Waals surface area contributed by atoms with E-state index < -0.39 is 44.8 Å². The van der Waals surface area contributed by atoms with E-state index in [4.69, 9.17) is 119 Å². The monoisotopic (exact) mass is 450 g/mol. The van der Waals surface area contributed by atoms with Gasteiger partial charge in [-0.25, -0.2) is 0 Å². The van der Waals surface area contributed by atoms with Crippen LogP contribution in [0.3, 0.4) is 0 Å². The summed E-state index contributed by atoms with van der Waals surface area (Å²) in [5.41, 5.74) is -3.05. The molecule has 1 aromatic carbocycles. The normalized spacial score (nSPS) is 11.6. The van der Waals surface area contributed by atoms with Crippen LogP contribution in [-0.4, -0.2) is 130 Å². The van der Waals surface area contributed by atoms with Gasteiger partial charge in [0.05, 0.1) is 23.5 Å². The number of aromatic nitrogens is 1. The molecule has 1 heterocycles. The van der Waals surface area contributed by atoms with E-state index in [1.54, 1.807) is 0 Å². The maximum absolute atomic E-state index is 12.9. The summed E-state index contributed by atoms with van der Waals surface area (Å²) in [6, 6.07) is 0. The maximum atomic E-state index is 12.9. The molecule has 20 heteroatoms. The Balaban J connectivity index is 2.93. The Morgan fingerprint density at radius 1 is 0.857 bits per heavy atom. The van der Waals surface area contributed by atoms with Crippen molar-refractivity contribution in [3.05, 3.63) is 16.3 Å². The van der Waals surface area contributed by atoms with Crippen molar-refractivity contribution >= 4 is 153 Å². The predicted molar refractivity (Wildman–Crippen MR) is 145 cm³/mol. The van der Waals surface area contributed by atoms with E-state index in [9.17, 15) is 9.59 Å². The largest absolute Gasteiger partial charge is 0.567 e. The fraction of sp³-hybridized carbons (Fsp3) is 0.133. The van der Waals surface area contributed by atoms with Crippen molar-refractivity contribution in [1.82, 2.24) is 9.79 Å². The number of hydrogen-bond acceptors (Lipinski definition) is 5. The second-order valence-electron chi connectivity index (χ2n) is 7.23. The van der Waals surface area contributed by atoms with Crippen molar-refractivity contribution in [2.75, 3.05) is 0 Å². The number of hydrogen-bond donors (Lipinski definition) is 0. The molecule has 35 heavy (non-hydrogen) atoms. The van der Waals surface area contributed by atoms with Gasteiger partial charge in [0, 0.05) is 10.4 Å². The summed E-state index contributed by atoms with van der Waals surface area (Å²) >= 11 is 6.19. The standard InChI is InChI=1S/C15B13ClN2O4/c16-4-1(3(14(21,22)23)6(18)7(19)8(4)29)2-5(17)10(34-27)9(30-11(2)20)12(32)31(26)15(24,25)13(33)35-28. The highest BCUT2D eigenvalue weighted by Crippen LogP contribution is 2.28. The van der Waals surface area contributed by atoms with Crippen molar-refractivity contribution in [2.45, 2.75) is 10.5 Å². The van der Waals surface area contributed by atoms with Crippen molar-refractivity contribution in [3.63, 3.8) is 0 Å². The summed E-state index contributed by atoms with van der Waals surface area (Å²) in [6.07, 6.45) is 0. The van der Waals surface area contributed by atoms with E-state index >= 15 is 0 Å². The van der Waals surface area contributed by atoms with E-state index in [0.717, 1.165) is 0 Å². The minimum Gasteiger partial charge on any atom is -0.567 e. The van der Waals surface area contributed by atoms with Crippen LogP contribution in [-0.2, 0) is 14.6 Å². The zero-order valence-corrected chi connectivity index (χ0v) is 18.7. The molecule has 6 nitrogen and oxygen atoms in total. The smallest absolute Gasteiger partial charge is 0.378 e. The topological polar surface area (TPSA) is 68.7 Å². The first kappa shape index (κ1) is 29.5. The quantitative estimate of drug-likeness (QED) is 0.411. The minimum atomic E-state index is -2.75. The van der Waals surface area contributed by atoms with Crippen LogP contribution in [0.1, 0.15) is 16.1 Å². The molecule has 0 unspecified atom stereocenters. The third-order valence-electron chi connectivity index (χ3n) is 4.82. The average molecular weight is 448 g/mol. The fourth-order valence-corrected chi connectivity index (χ4v) is 3.29. The molecule has 0 fully saturated rings. The van der Waals surface area contributed by atoms with Gasteiger partial charge in [0.1, 0.15) is 60.7 Å². The Labute approximate surface area is 225 Å². The molecule has 140 valence electrons. The molecule has 0 aliphatic rings. The van der Waals surface area contributed by atoms with Crippen LogP contribution in [0.2, 0.25) is 5.02 Å². The van der Waals surface area contributed by atoms with E-state index in [1.165, 1.54) is 0 Å². The molecule has 2 aromatic rings. The van der Waals surface area contributed by atoms with Crippen LogP contribution in [0.15, 0.2) is 0 Å². The van der Waals surface area contributed by atoms with Crippen molar-refractivity contribution in [3.8, 4) is 16.9 Å². The van der Waals surface area contributed by atoms with E-state index in [1.807, 2.05) is 0 Å². The van der Waals surface area contributed by atoms with Crippen LogP contribution in [0.4, 0.5) is 0 Å². The molecule has 0 saturated heterocycles. The van der Waals surface area contributed by atoms with Gasteiger partial charge in [0.2, 0.25) is 7.98 Å². The molecular weight excluding hydrogens is 448 g/mol. The maximum Gasteiger partial charge on any atom is 0.378 e. The van der Waals surface area contributed by atoms with Gasteiger partial charge in [-0.05, 0) is 22.2 Å². The Morgan fingerprint density at radius 3 is 1.86 bits per heavy atom. The van der Waals surface area contributed by atoms with Gasteiger partial charge >= 0.3 is 16.1 Å². The highest BCUT2D eigenvalue weighted by molar-refractivity contribution is 6.66. The van der Waals surface area contributed by atoms with Gasteiger partial charge in [-0.3, -0.25) is 14.6 Å². The van der Waals surface area contributed by atoms with E-state index in [2.05, 4.69) is 9.64 Å². The Kier molecular flexibility index (Phi) is 8.69. The molecular formula is C15B13ClN2O4. The van der Waals surface area contributed by atoms with Gasteiger partial charge in [-0.2, -0.15) is 0 Å². The van der Waals surface area contributed by atoms with Crippen LogP contribution >= 0.6 is 11.6 Å². The van der Waals surface area contributed by atoms with Gasteiger partial charge in [0.15, 0.2) is 5.69 Å². The molecule has 1 aromatic heterocycles. The van der Waals surface area contributed by atoms with Gasteiger partial charge in [-0.1, -0.05) is 28.1 Å². The molecule has 2 rings (SSSR count). The molecule has 0 bridgehead atoms. The summed E-state index contributed by atoms with van der Waals surface area (Å²) in [7, 11) is 74.5. The van der Waals surface area contributed by atoms with Crippen molar-refractivity contribution in [2.24, 2.45) is 0 Å². The summed E-state index contributed by atoms with van der Waals surface area (Å²) in [5, 5.41) is -5.13. The van der Waals surface area contributed by atoms with Crippen LogP contribution in [0, 0.1) is 0 Å². The molecule has 0 N–H and O–H groups in total. The Morgan fingerprint density at radius 2 is 1.40 bits per heavy atom. The summed E-state index contributed by atoms with van der Waals surface area (Å²) in [5.74, 6) is -3.46. The summed E-state index contributed by atoms with van der Waals surface area (Å²) in [4.78, 5) is 28.6. The van der Waals surface area contributed by atoms with Gasteiger partial charge in [-0.15, -0.1) is 10.6 Å². The van der Waals surface area contributed by atoms with Crippen LogP contribution < -0.4 is 32.1 Å². The Bertz CT molecular complexity index is 1220. The first-order chi connectivity index (χ1) is 15.9. The zero-order chi connectivity index (χ0) is 27.2. The number of benzene rings is 1. The third kappa shape index (κ3) is 5.07. The summed E-state index contributed by atoms with van der Waals surface area (Å²) in [6.45, 7) is 0. The van der Waals surface area contributed by atoms with Crippen molar-refractivity contribution in [1.29, 1.82) is 0 Å². The molecule has 26 radical (unpaired) electrons. The van der Waals surface area contributed by atoms with Gasteiger partial charge in [0.25, 0.3) is 11.9 Å². The van der Waals surface area contributed by atoms with Crippen LogP contribution in [0.5, 0.6) is 5.75 Å². The minimum absolute atomic E-state index is 0.0220. The lowest BCUT2D eigenvalue weighted by Gasteiger charge is -2.36. The molecule has 1 amide bonds. The lowest BCUT2D eigenvalue weighted by Crippen LogP contribution is -2.58. The molecule has 0 spiro atoms. The second kappa shape index (κ2) is 10.3. The van der Waals surface area contributed by atoms with Crippen molar-refractivity contribution < 1.29 is 18.9 Å². The number of halogens is 1. The van der Waals surface area contributed by atoms with Crippen LogP contribution in [0.25, 0.3) is 11.1 Å². The molecule has 0 atom stereocenters. The van der Waals surface area contributed by atoms with Gasteiger partial charge < -0.3 is 14.1 Å². The number of rotatable bonds is 6. The van der Waals surface area contributed by atoms with E-state index in [0.29, 0.717) is 0 Å². The number of nitrogens with zero attached hydrogens (tertiary/aromatic N) is 2. The molecule has 0 saturated carbocycles. The molecule has 0 aliphatic carbocycles. The lowest BCUT2D eigenvalue weighted by atomic mass is 9.37. The Hall–Kier alpha value is -1.76. The lowest BCUT2D eigenvalue weighted by molar-refractivity contribution is -0.136. The number of amides is 1. The number of pyridine rings is 1. The molecule has 0 aliphatic heterocycles. The number of carbonyl (C=O) groups excluding carboxylic acids is 2. The summed E-state index contributed by atoms with van der Waals surface area (Å²) < 4.78 is 8.64. The second-order valence-corrected chi connectivity index (χ2v) is 7.60. The SMILES string of the molecule is [B]OC(=O)C([B])([B])N([B])C(=O)c1nc([B])c(-c2c([B])c(Cl)c([B])c([B])c2C([B])([B])[B])c([B])c1O[B]. The first-order valence-corrected chi connectivity index (χ1v) is 9.39. The number of carbonyl (C=O) groups is 2. The van der Waals surface area contributed by atoms with E-state index in [-0.39, 0.29) is 42.9 Å². The zero-order valence-electron chi connectivity index (χ0n) is 17.9. The fourth-order valence-electron chi connectivity index (χ4n) is 3.09. The first-order valence-electron chi connectivity index (χ1n) is 9.02.